The molecule has 0 atom stereocenters. The molecule has 0 N–H and O–H groups in total. The molecule has 4 heterocycles. The molecule has 0 radical (unpaired) electrons. The molecule has 4 aromatic heterocycles. The molecule has 0 aliphatic heterocycles. The van der Waals surface area contributed by atoms with Crippen molar-refractivity contribution in [2.24, 2.45) is 7.05 Å². The Morgan fingerprint density at radius 2 is 1.81 bits per heavy atom. The van der Waals surface area contributed by atoms with E-state index in [0.29, 0.717) is 5.92 Å². The zero-order chi connectivity index (χ0) is 20.7. The number of pyridine rings is 3. The molecule has 152 valence electrons. The van der Waals surface area contributed by atoms with Crippen molar-refractivity contribution in [1.82, 2.24) is 9.38 Å². The van der Waals surface area contributed by atoms with Gasteiger partial charge in [0.25, 0.3) is 0 Å². The zero-order valence-electron chi connectivity index (χ0n) is 18.2. The minimum absolute atomic E-state index is 0.685. The minimum atomic E-state index is 0.685. The molecular formula is C28H26N3+. The maximum atomic E-state index is 4.47. The zero-order valence-corrected chi connectivity index (χ0v) is 18.2. The molecule has 0 bridgehead atoms. The summed E-state index contributed by atoms with van der Waals surface area (Å²) in [6.45, 7) is 2.25. The predicted molar refractivity (Wildman–Crippen MR) is 128 cm³/mol. The maximum Gasteiger partial charge on any atom is 0.224 e. The van der Waals surface area contributed by atoms with Crippen LogP contribution in [0.3, 0.4) is 0 Å². The molecule has 2 aromatic carbocycles. The fourth-order valence-corrected chi connectivity index (χ4v) is 6.25. The number of hydrogen-bond acceptors (Lipinski definition) is 1. The Morgan fingerprint density at radius 3 is 2.68 bits per heavy atom. The monoisotopic (exact) mass is 404 g/mol. The summed E-state index contributed by atoms with van der Waals surface area (Å²) in [5.41, 5.74) is 8.12. The van der Waals surface area contributed by atoms with Gasteiger partial charge in [-0.25, -0.2) is 4.57 Å². The van der Waals surface area contributed by atoms with Crippen molar-refractivity contribution < 1.29 is 4.57 Å². The summed E-state index contributed by atoms with van der Waals surface area (Å²) in [6, 6.07) is 14.0. The Kier molecular flexibility index (Phi) is 3.47. The normalized spacial score (nSPS) is 15.9. The quantitative estimate of drug-likeness (QED) is 0.173. The van der Waals surface area contributed by atoms with Crippen molar-refractivity contribution in [2.75, 3.05) is 0 Å². The number of nitrogens with zero attached hydrogens (tertiary/aromatic N) is 3. The molecule has 0 amide bonds. The van der Waals surface area contributed by atoms with E-state index >= 15 is 0 Å². The molecule has 0 saturated heterocycles. The molecule has 0 spiro atoms. The van der Waals surface area contributed by atoms with Gasteiger partial charge in [0.15, 0.2) is 6.20 Å². The van der Waals surface area contributed by atoms with Crippen LogP contribution >= 0.6 is 0 Å². The topological polar surface area (TPSA) is 21.2 Å². The first-order valence-electron chi connectivity index (χ1n) is 11.6. The van der Waals surface area contributed by atoms with Gasteiger partial charge in [-0.15, -0.1) is 0 Å². The lowest BCUT2D eigenvalue weighted by molar-refractivity contribution is -0.643. The van der Waals surface area contributed by atoms with Crippen LogP contribution in [-0.4, -0.2) is 9.38 Å². The molecule has 7 rings (SSSR count). The molecule has 0 unspecified atom stereocenters. The summed E-state index contributed by atoms with van der Waals surface area (Å²) in [6.07, 6.45) is 12.9. The summed E-state index contributed by atoms with van der Waals surface area (Å²) in [7, 11) is 2.19. The third-order valence-electron chi connectivity index (χ3n) is 7.73. The SMILES string of the molecule is Cc1ccc2c3cnccc3n3c4cc(C5CCCCC5)cc5cc[n+](C)c(c1c23)c54. The summed E-state index contributed by atoms with van der Waals surface area (Å²) in [4.78, 5) is 4.47. The Labute approximate surface area is 181 Å². The second-order valence-electron chi connectivity index (χ2n) is 9.50. The highest BCUT2D eigenvalue weighted by atomic mass is 15.0. The van der Waals surface area contributed by atoms with Crippen LogP contribution < -0.4 is 4.57 Å². The Bertz CT molecular complexity index is 1630. The summed E-state index contributed by atoms with van der Waals surface area (Å²) < 4.78 is 4.84. The summed E-state index contributed by atoms with van der Waals surface area (Å²) in [5.74, 6) is 0.685. The van der Waals surface area contributed by atoms with Gasteiger partial charge in [-0.2, -0.15) is 0 Å². The van der Waals surface area contributed by atoms with Crippen molar-refractivity contribution in [2.45, 2.75) is 44.9 Å². The molecule has 1 fully saturated rings. The fourth-order valence-electron chi connectivity index (χ4n) is 6.25. The van der Waals surface area contributed by atoms with E-state index in [1.54, 1.807) is 0 Å². The van der Waals surface area contributed by atoms with Gasteiger partial charge in [-0.05, 0) is 54.3 Å². The number of aryl methyl sites for hydroxylation is 2. The molecule has 1 saturated carbocycles. The first-order chi connectivity index (χ1) is 15.2. The second-order valence-corrected chi connectivity index (χ2v) is 9.50. The number of fused-ring (bicyclic) bond motifs is 5. The Hall–Kier alpha value is -3.20. The highest BCUT2D eigenvalue weighted by molar-refractivity contribution is 6.25. The minimum Gasteiger partial charge on any atom is -0.307 e. The second kappa shape index (κ2) is 6.16. The highest BCUT2D eigenvalue weighted by Crippen LogP contribution is 2.42. The van der Waals surface area contributed by atoms with Gasteiger partial charge in [0.2, 0.25) is 5.52 Å². The van der Waals surface area contributed by atoms with Crippen molar-refractivity contribution in [3.8, 4) is 0 Å². The van der Waals surface area contributed by atoms with Crippen LogP contribution in [0.4, 0.5) is 0 Å². The average Bonchev–Trinajstić information content (AvgIpc) is 3.15. The summed E-state index contributed by atoms with van der Waals surface area (Å²) in [5, 5.41) is 6.64. The standard InChI is InChI=1S/C28H26N3/c1-17-8-9-21-22-16-29-12-10-23(22)31-24-15-20(18-6-4-3-5-7-18)14-19-11-13-30(2)28(26(19)24)25(17)27(21)31/h8-16,18H,3-7H2,1-2H3/q+1. The number of rotatable bonds is 1. The molecule has 1 aliphatic rings. The third-order valence-corrected chi connectivity index (χ3v) is 7.73. The van der Waals surface area contributed by atoms with Crippen molar-refractivity contribution in [3.63, 3.8) is 0 Å². The molecule has 31 heavy (non-hydrogen) atoms. The predicted octanol–water partition coefficient (Wildman–Crippen LogP) is 6.57. The summed E-state index contributed by atoms with van der Waals surface area (Å²) >= 11 is 0. The van der Waals surface area contributed by atoms with Crippen LogP contribution in [-0.2, 0) is 7.05 Å². The van der Waals surface area contributed by atoms with Gasteiger partial charge in [0, 0.05) is 29.2 Å². The van der Waals surface area contributed by atoms with Gasteiger partial charge >= 0.3 is 0 Å². The van der Waals surface area contributed by atoms with Crippen LogP contribution in [0.5, 0.6) is 0 Å². The van der Waals surface area contributed by atoms with Crippen molar-refractivity contribution in [1.29, 1.82) is 0 Å². The molecule has 3 nitrogen and oxygen atoms in total. The Balaban J connectivity index is 1.78. The van der Waals surface area contributed by atoms with Gasteiger partial charge in [-0.1, -0.05) is 37.5 Å². The first-order valence-corrected chi connectivity index (χ1v) is 11.6. The van der Waals surface area contributed by atoms with E-state index in [-0.39, 0.29) is 0 Å². The van der Waals surface area contributed by atoms with Gasteiger partial charge < -0.3 is 4.40 Å². The van der Waals surface area contributed by atoms with E-state index in [9.17, 15) is 0 Å². The number of hydrogen-bond donors (Lipinski definition) is 0. The molecule has 6 aromatic rings. The van der Waals surface area contributed by atoms with E-state index in [4.69, 9.17) is 0 Å². The van der Waals surface area contributed by atoms with Gasteiger partial charge in [0.05, 0.1) is 27.3 Å². The largest absolute Gasteiger partial charge is 0.307 e. The number of aromatic nitrogens is 3. The Morgan fingerprint density at radius 1 is 0.935 bits per heavy atom. The first kappa shape index (κ1) is 17.5. The van der Waals surface area contributed by atoms with Gasteiger partial charge in [0.1, 0.15) is 7.05 Å². The van der Waals surface area contributed by atoms with E-state index in [1.165, 1.54) is 92.2 Å². The third kappa shape index (κ3) is 2.24. The lowest BCUT2D eigenvalue weighted by Gasteiger charge is -2.23. The van der Waals surface area contributed by atoms with Crippen molar-refractivity contribution >= 4 is 49.0 Å². The van der Waals surface area contributed by atoms with E-state index in [0.717, 1.165) is 0 Å². The van der Waals surface area contributed by atoms with E-state index < -0.39 is 0 Å². The van der Waals surface area contributed by atoms with E-state index in [2.05, 4.69) is 70.5 Å². The lowest BCUT2D eigenvalue weighted by atomic mass is 9.83. The molecule has 1 aliphatic carbocycles. The average molecular weight is 405 g/mol. The van der Waals surface area contributed by atoms with Crippen molar-refractivity contribution in [3.05, 3.63) is 66.1 Å². The molecular weight excluding hydrogens is 378 g/mol. The van der Waals surface area contributed by atoms with Crippen LogP contribution in [0.1, 0.15) is 49.1 Å². The smallest absolute Gasteiger partial charge is 0.224 e. The molecule has 3 heteroatoms. The van der Waals surface area contributed by atoms with E-state index in [1.807, 2.05) is 12.4 Å². The lowest BCUT2D eigenvalue weighted by Crippen LogP contribution is -2.29. The fraction of sp³-hybridized carbons (Fsp3) is 0.286. The number of benzene rings is 2. The highest BCUT2D eigenvalue weighted by Gasteiger charge is 2.25. The van der Waals surface area contributed by atoms with Crippen LogP contribution in [0.2, 0.25) is 0 Å². The van der Waals surface area contributed by atoms with Crippen LogP contribution in [0, 0.1) is 6.92 Å². The maximum absolute atomic E-state index is 4.47. The van der Waals surface area contributed by atoms with Crippen LogP contribution in [0.25, 0.3) is 49.0 Å². The van der Waals surface area contributed by atoms with Gasteiger partial charge in [-0.3, -0.25) is 4.98 Å². The van der Waals surface area contributed by atoms with Crippen LogP contribution in [0.15, 0.2) is 55.0 Å².